The minimum absolute atomic E-state index is 0.0464. The summed E-state index contributed by atoms with van der Waals surface area (Å²) in [4.78, 5) is 10.4. The molecule has 1 N–H and O–H groups in total. The highest BCUT2D eigenvalue weighted by Gasteiger charge is 2.25. The van der Waals surface area contributed by atoms with Crippen LogP contribution in [0.2, 0.25) is 0 Å². The summed E-state index contributed by atoms with van der Waals surface area (Å²) < 4.78 is 1.46. The topological polar surface area (TPSA) is 73.0 Å². The van der Waals surface area contributed by atoms with Crippen LogP contribution in [0.1, 0.15) is 26.2 Å². The first-order valence-corrected chi connectivity index (χ1v) is 5.51. The lowest BCUT2D eigenvalue weighted by molar-refractivity contribution is -0.384. The van der Waals surface area contributed by atoms with Crippen LogP contribution in [0, 0.1) is 16.0 Å². The maximum Gasteiger partial charge on any atom is 0.330 e. The number of aromatic nitrogens is 2. The summed E-state index contributed by atoms with van der Waals surface area (Å²) >= 11 is 0. The third-order valence-corrected chi connectivity index (χ3v) is 2.77. The van der Waals surface area contributed by atoms with E-state index < -0.39 is 4.92 Å². The van der Waals surface area contributed by atoms with Gasteiger partial charge in [-0.05, 0) is 19.3 Å². The SMILES string of the molecule is CC(CC1CC1)Nc1nn(C)cc1[N+](=O)[O-]. The zero-order chi connectivity index (χ0) is 11.7. The Morgan fingerprint density at radius 2 is 2.44 bits per heavy atom. The Morgan fingerprint density at radius 1 is 1.75 bits per heavy atom. The first kappa shape index (κ1) is 10.9. The molecule has 1 aromatic rings. The highest BCUT2D eigenvalue weighted by Crippen LogP contribution is 2.34. The number of hydrogen-bond donors (Lipinski definition) is 1. The van der Waals surface area contributed by atoms with Crippen LogP contribution in [0.15, 0.2) is 6.20 Å². The van der Waals surface area contributed by atoms with Crippen molar-refractivity contribution in [2.24, 2.45) is 13.0 Å². The van der Waals surface area contributed by atoms with Gasteiger partial charge < -0.3 is 5.32 Å². The van der Waals surface area contributed by atoms with E-state index in [0.29, 0.717) is 5.82 Å². The first-order valence-electron chi connectivity index (χ1n) is 5.51. The van der Waals surface area contributed by atoms with Crippen LogP contribution < -0.4 is 5.32 Å². The molecule has 0 radical (unpaired) electrons. The molecule has 0 spiro atoms. The molecule has 1 fully saturated rings. The van der Waals surface area contributed by atoms with Crippen LogP contribution in [0.25, 0.3) is 0 Å². The van der Waals surface area contributed by atoms with Gasteiger partial charge in [0, 0.05) is 13.1 Å². The number of aryl methyl sites for hydroxylation is 1. The zero-order valence-electron chi connectivity index (χ0n) is 9.51. The van der Waals surface area contributed by atoms with E-state index in [2.05, 4.69) is 10.4 Å². The van der Waals surface area contributed by atoms with E-state index >= 15 is 0 Å². The highest BCUT2D eigenvalue weighted by molar-refractivity contribution is 5.54. The van der Waals surface area contributed by atoms with Crippen LogP contribution in [-0.4, -0.2) is 20.7 Å². The zero-order valence-corrected chi connectivity index (χ0v) is 9.51. The number of nitro groups is 1. The molecule has 1 unspecified atom stereocenters. The van der Waals surface area contributed by atoms with Crippen molar-refractivity contribution in [3.8, 4) is 0 Å². The van der Waals surface area contributed by atoms with Gasteiger partial charge in [0.15, 0.2) is 0 Å². The molecule has 6 heteroatoms. The van der Waals surface area contributed by atoms with Gasteiger partial charge in [-0.15, -0.1) is 5.10 Å². The van der Waals surface area contributed by atoms with Gasteiger partial charge in [0.2, 0.25) is 5.82 Å². The summed E-state index contributed by atoms with van der Waals surface area (Å²) in [6, 6.07) is 0.237. The van der Waals surface area contributed by atoms with Crippen LogP contribution in [0.5, 0.6) is 0 Å². The Labute approximate surface area is 93.8 Å². The molecule has 16 heavy (non-hydrogen) atoms. The number of nitrogens with zero attached hydrogens (tertiary/aromatic N) is 3. The second kappa shape index (κ2) is 4.11. The summed E-state index contributed by atoms with van der Waals surface area (Å²) in [6.07, 6.45) is 5.06. The molecular weight excluding hydrogens is 208 g/mol. The molecule has 6 nitrogen and oxygen atoms in total. The summed E-state index contributed by atoms with van der Waals surface area (Å²) in [5.74, 6) is 1.17. The largest absolute Gasteiger partial charge is 0.360 e. The molecule has 0 aromatic carbocycles. The molecule has 1 atom stereocenters. The lowest BCUT2D eigenvalue weighted by atomic mass is 10.1. The summed E-state index contributed by atoms with van der Waals surface area (Å²) in [5, 5.41) is 17.9. The molecular formula is C10H16N4O2. The summed E-state index contributed by atoms with van der Waals surface area (Å²) in [6.45, 7) is 2.04. The maximum atomic E-state index is 10.8. The van der Waals surface area contributed by atoms with Crippen LogP contribution in [0.4, 0.5) is 11.5 Å². The molecule has 0 bridgehead atoms. The minimum atomic E-state index is -0.404. The second-order valence-corrected chi connectivity index (χ2v) is 4.52. The number of rotatable bonds is 5. The minimum Gasteiger partial charge on any atom is -0.360 e. The molecule has 0 amide bonds. The van der Waals surface area contributed by atoms with Gasteiger partial charge in [-0.2, -0.15) is 0 Å². The van der Waals surface area contributed by atoms with Gasteiger partial charge >= 0.3 is 5.69 Å². The van der Waals surface area contributed by atoms with E-state index in [1.807, 2.05) is 6.92 Å². The fraction of sp³-hybridized carbons (Fsp3) is 0.700. The number of nitrogens with one attached hydrogen (secondary N) is 1. The van der Waals surface area contributed by atoms with Crippen molar-refractivity contribution in [3.63, 3.8) is 0 Å². The van der Waals surface area contributed by atoms with Crippen LogP contribution in [0.3, 0.4) is 0 Å². The van der Waals surface area contributed by atoms with Crippen molar-refractivity contribution >= 4 is 11.5 Å². The van der Waals surface area contributed by atoms with Crippen LogP contribution >= 0.6 is 0 Å². The number of anilines is 1. The van der Waals surface area contributed by atoms with E-state index in [9.17, 15) is 10.1 Å². The van der Waals surface area contributed by atoms with Crippen molar-refractivity contribution in [1.29, 1.82) is 0 Å². The van der Waals surface area contributed by atoms with Crippen molar-refractivity contribution in [2.45, 2.75) is 32.2 Å². The van der Waals surface area contributed by atoms with Crippen molar-refractivity contribution in [3.05, 3.63) is 16.3 Å². The Bertz CT molecular complexity index is 398. The Hall–Kier alpha value is -1.59. The van der Waals surface area contributed by atoms with Crippen molar-refractivity contribution < 1.29 is 4.92 Å². The smallest absolute Gasteiger partial charge is 0.330 e. The quantitative estimate of drug-likeness (QED) is 0.612. The molecule has 1 aliphatic rings. The number of hydrogen-bond acceptors (Lipinski definition) is 4. The van der Waals surface area contributed by atoms with Crippen LogP contribution in [-0.2, 0) is 7.05 Å². The predicted molar refractivity (Wildman–Crippen MR) is 60.3 cm³/mol. The molecule has 1 saturated carbocycles. The van der Waals surface area contributed by atoms with Crippen molar-refractivity contribution in [2.75, 3.05) is 5.32 Å². The Morgan fingerprint density at radius 3 is 3.00 bits per heavy atom. The summed E-state index contributed by atoms with van der Waals surface area (Å²) in [5.41, 5.74) is 0.0464. The predicted octanol–water partition coefficient (Wildman–Crippen LogP) is 1.93. The van der Waals surface area contributed by atoms with E-state index in [1.165, 1.54) is 23.7 Å². The fourth-order valence-corrected chi connectivity index (χ4v) is 1.86. The average Bonchev–Trinajstić information content (AvgIpc) is 2.89. The van der Waals surface area contributed by atoms with Gasteiger partial charge in [-0.1, -0.05) is 12.8 Å². The second-order valence-electron chi connectivity index (χ2n) is 4.52. The monoisotopic (exact) mass is 224 g/mol. The molecule has 1 aliphatic carbocycles. The third-order valence-electron chi connectivity index (χ3n) is 2.77. The standard InChI is InChI=1S/C10H16N4O2/c1-7(5-8-3-4-8)11-10-9(14(15)16)6-13(2)12-10/h6-8H,3-5H2,1-2H3,(H,11,12). The summed E-state index contributed by atoms with van der Waals surface area (Å²) in [7, 11) is 1.68. The Kier molecular flexibility index (Phi) is 2.80. The van der Waals surface area contributed by atoms with Gasteiger partial charge in [0.1, 0.15) is 6.20 Å². The van der Waals surface area contributed by atoms with E-state index in [1.54, 1.807) is 7.05 Å². The van der Waals surface area contributed by atoms with Gasteiger partial charge in [0.25, 0.3) is 0 Å². The Balaban J connectivity index is 2.03. The normalized spacial score (nSPS) is 17.1. The van der Waals surface area contributed by atoms with Gasteiger partial charge in [-0.3, -0.25) is 14.8 Å². The molecule has 88 valence electrons. The lowest BCUT2D eigenvalue weighted by Gasteiger charge is -2.11. The van der Waals surface area contributed by atoms with E-state index in [4.69, 9.17) is 0 Å². The van der Waals surface area contributed by atoms with E-state index in [0.717, 1.165) is 12.3 Å². The average molecular weight is 224 g/mol. The molecule has 2 rings (SSSR count). The molecule has 1 aromatic heterocycles. The first-order chi connectivity index (χ1) is 7.56. The van der Waals surface area contributed by atoms with Gasteiger partial charge in [-0.25, -0.2) is 0 Å². The fourth-order valence-electron chi connectivity index (χ4n) is 1.86. The maximum absolute atomic E-state index is 10.8. The molecule has 0 aliphatic heterocycles. The van der Waals surface area contributed by atoms with E-state index in [-0.39, 0.29) is 11.7 Å². The molecule has 1 heterocycles. The molecule has 0 saturated heterocycles. The van der Waals surface area contributed by atoms with Gasteiger partial charge in [0.05, 0.1) is 4.92 Å². The third kappa shape index (κ3) is 2.50. The lowest BCUT2D eigenvalue weighted by Crippen LogP contribution is -2.17. The van der Waals surface area contributed by atoms with Crippen molar-refractivity contribution in [1.82, 2.24) is 9.78 Å². The highest BCUT2D eigenvalue weighted by atomic mass is 16.6.